The fourth-order valence-electron chi connectivity index (χ4n) is 2.36. The molecule has 2 rings (SSSR count). The molecule has 0 aromatic carbocycles. The molecule has 1 aromatic rings. The number of hydrogen-bond acceptors (Lipinski definition) is 4. The molecule has 1 aromatic heterocycles. The van der Waals surface area contributed by atoms with Crippen LogP contribution in [0.5, 0.6) is 0 Å². The molecule has 0 aliphatic carbocycles. The van der Waals surface area contributed by atoms with Crippen LogP contribution in [0, 0.1) is 0 Å². The topological polar surface area (TPSA) is 45.6 Å². The van der Waals surface area contributed by atoms with Crippen molar-refractivity contribution in [3.63, 3.8) is 0 Å². The molecule has 0 atom stereocenters. The van der Waals surface area contributed by atoms with Crippen molar-refractivity contribution in [1.82, 2.24) is 9.88 Å². The van der Waals surface area contributed by atoms with E-state index in [4.69, 9.17) is 4.74 Å². The van der Waals surface area contributed by atoms with Gasteiger partial charge in [-0.2, -0.15) is 0 Å². The molecule has 18 heavy (non-hydrogen) atoms. The largest absolute Gasteiger partial charge is 0.388 e. The van der Waals surface area contributed by atoms with Gasteiger partial charge in [0, 0.05) is 51.5 Å². The van der Waals surface area contributed by atoms with Crippen molar-refractivity contribution in [3.8, 4) is 0 Å². The lowest BCUT2D eigenvalue weighted by atomic mass is 9.94. The second-order valence-corrected chi connectivity index (χ2v) is 5.18. The molecule has 0 unspecified atom stereocenters. The minimum absolute atomic E-state index is 0.564. The molecule has 100 valence electrons. The van der Waals surface area contributed by atoms with E-state index in [1.54, 1.807) is 0 Å². The molecule has 0 radical (unpaired) electrons. The molecule has 0 saturated carbocycles. The lowest BCUT2D eigenvalue weighted by molar-refractivity contribution is -0.0767. The van der Waals surface area contributed by atoms with Gasteiger partial charge in [0.1, 0.15) is 0 Å². The summed E-state index contributed by atoms with van der Waals surface area (Å²) >= 11 is 0. The van der Waals surface area contributed by atoms with Crippen LogP contribution in [-0.2, 0) is 11.2 Å². The standard InChI is InChI=1S/C14H22N2O2/c1-16(9-4-13-2-7-15-8-3-13)12-14(17)5-10-18-11-6-14/h2-3,7-8,17H,4-6,9-12H2,1H3. The Morgan fingerprint density at radius 3 is 2.67 bits per heavy atom. The number of rotatable bonds is 5. The van der Waals surface area contributed by atoms with Gasteiger partial charge in [-0.1, -0.05) is 0 Å². The maximum Gasteiger partial charge on any atom is 0.0817 e. The molecule has 1 aliphatic heterocycles. The van der Waals surface area contributed by atoms with E-state index in [-0.39, 0.29) is 0 Å². The average Bonchev–Trinajstić information content (AvgIpc) is 2.38. The Morgan fingerprint density at radius 1 is 1.33 bits per heavy atom. The second-order valence-electron chi connectivity index (χ2n) is 5.18. The first-order valence-electron chi connectivity index (χ1n) is 6.56. The number of hydrogen-bond donors (Lipinski definition) is 1. The van der Waals surface area contributed by atoms with Crippen LogP contribution in [0.15, 0.2) is 24.5 Å². The van der Waals surface area contributed by atoms with E-state index in [0.29, 0.717) is 13.2 Å². The SMILES string of the molecule is CN(CCc1ccncc1)CC1(O)CCOCC1. The van der Waals surface area contributed by atoms with Crippen LogP contribution >= 0.6 is 0 Å². The van der Waals surface area contributed by atoms with Crippen molar-refractivity contribution in [2.45, 2.75) is 24.9 Å². The van der Waals surface area contributed by atoms with Crippen molar-refractivity contribution < 1.29 is 9.84 Å². The molecule has 1 N–H and O–H groups in total. The van der Waals surface area contributed by atoms with E-state index in [2.05, 4.69) is 16.9 Å². The minimum atomic E-state index is -0.564. The quantitative estimate of drug-likeness (QED) is 0.850. The van der Waals surface area contributed by atoms with E-state index in [1.165, 1.54) is 5.56 Å². The lowest BCUT2D eigenvalue weighted by Gasteiger charge is -2.35. The zero-order valence-corrected chi connectivity index (χ0v) is 11.0. The Kier molecular flexibility index (Phi) is 4.69. The summed E-state index contributed by atoms with van der Waals surface area (Å²) in [6, 6.07) is 4.08. The molecular formula is C14H22N2O2. The van der Waals surface area contributed by atoms with E-state index in [0.717, 1.165) is 32.4 Å². The maximum absolute atomic E-state index is 10.4. The lowest BCUT2D eigenvalue weighted by Crippen LogP contribution is -2.46. The van der Waals surface area contributed by atoms with Gasteiger partial charge in [-0.15, -0.1) is 0 Å². The summed E-state index contributed by atoms with van der Waals surface area (Å²) in [5.41, 5.74) is 0.724. The van der Waals surface area contributed by atoms with Gasteiger partial charge in [0.05, 0.1) is 5.60 Å². The molecule has 4 nitrogen and oxygen atoms in total. The zero-order valence-electron chi connectivity index (χ0n) is 11.0. The zero-order chi connectivity index (χ0) is 12.8. The highest BCUT2D eigenvalue weighted by atomic mass is 16.5. The summed E-state index contributed by atoms with van der Waals surface area (Å²) in [5.74, 6) is 0. The van der Waals surface area contributed by atoms with Crippen molar-refractivity contribution in [3.05, 3.63) is 30.1 Å². The third-order valence-electron chi connectivity index (χ3n) is 3.52. The molecule has 0 amide bonds. The third-order valence-corrected chi connectivity index (χ3v) is 3.52. The van der Waals surface area contributed by atoms with Gasteiger partial charge in [0.2, 0.25) is 0 Å². The first kappa shape index (κ1) is 13.5. The summed E-state index contributed by atoms with van der Waals surface area (Å²) in [4.78, 5) is 6.21. The fraction of sp³-hybridized carbons (Fsp3) is 0.643. The highest BCUT2D eigenvalue weighted by molar-refractivity contribution is 5.09. The predicted molar refractivity (Wildman–Crippen MR) is 70.4 cm³/mol. The van der Waals surface area contributed by atoms with Crippen LogP contribution in [0.25, 0.3) is 0 Å². The highest BCUT2D eigenvalue weighted by Crippen LogP contribution is 2.21. The molecule has 4 heteroatoms. The Labute approximate surface area is 109 Å². The first-order chi connectivity index (χ1) is 8.68. The monoisotopic (exact) mass is 250 g/mol. The van der Waals surface area contributed by atoms with Gasteiger partial charge in [-0.3, -0.25) is 4.98 Å². The molecule has 0 spiro atoms. The van der Waals surface area contributed by atoms with Crippen LogP contribution in [0.3, 0.4) is 0 Å². The first-order valence-corrected chi connectivity index (χ1v) is 6.56. The average molecular weight is 250 g/mol. The molecule has 0 bridgehead atoms. The van der Waals surface area contributed by atoms with Crippen molar-refractivity contribution in [2.75, 3.05) is 33.4 Å². The number of pyridine rings is 1. The van der Waals surface area contributed by atoms with Crippen LogP contribution in [0.1, 0.15) is 18.4 Å². The van der Waals surface area contributed by atoms with Gasteiger partial charge in [-0.05, 0) is 31.2 Å². The predicted octanol–water partition coefficient (Wildman–Crippen LogP) is 1.10. The fourth-order valence-corrected chi connectivity index (χ4v) is 2.36. The minimum Gasteiger partial charge on any atom is -0.388 e. The summed E-state index contributed by atoms with van der Waals surface area (Å²) < 4.78 is 5.29. The van der Waals surface area contributed by atoms with Gasteiger partial charge < -0.3 is 14.7 Å². The Balaban J connectivity index is 1.76. The van der Waals surface area contributed by atoms with E-state index >= 15 is 0 Å². The van der Waals surface area contributed by atoms with Crippen LogP contribution in [0.2, 0.25) is 0 Å². The molecule has 1 aliphatic rings. The van der Waals surface area contributed by atoms with E-state index < -0.39 is 5.60 Å². The normalized spacial score (nSPS) is 19.1. The molecule has 1 saturated heterocycles. The summed E-state index contributed by atoms with van der Waals surface area (Å²) in [5, 5.41) is 10.4. The Morgan fingerprint density at radius 2 is 2.00 bits per heavy atom. The Bertz CT molecular complexity index is 350. The van der Waals surface area contributed by atoms with Crippen LogP contribution in [0.4, 0.5) is 0 Å². The summed E-state index contributed by atoms with van der Waals surface area (Å²) in [6.45, 7) is 3.03. The van der Waals surface area contributed by atoms with Crippen molar-refractivity contribution in [2.24, 2.45) is 0 Å². The van der Waals surface area contributed by atoms with Gasteiger partial charge >= 0.3 is 0 Å². The summed E-state index contributed by atoms with van der Waals surface area (Å²) in [6.07, 6.45) is 6.12. The number of likely N-dealkylation sites (N-methyl/N-ethyl adjacent to an activating group) is 1. The van der Waals surface area contributed by atoms with Crippen molar-refractivity contribution >= 4 is 0 Å². The smallest absolute Gasteiger partial charge is 0.0817 e. The second kappa shape index (κ2) is 6.27. The number of aromatic nitrogens is 1. The molecule has 1 fully saturated rings. The van der Waals surface area contributed by atoms with E-state index in [1.807, 2.05) is 24.5 Å². The third kappa shape index (κ3) is 4.05. The summed E-state index contributed by atoms with van der Waals surface area (Å²) in [7, 11) is 2.06. The highest BCUT2D eigenvalue weighted by Gasteiger charge is 2.30. The Hall–Kier alpha value is -0.970. The van der Waals surface area contributed by atoms with Crippen molar-refractivity contribution in [1.29, 1.82) is 0 Å². The maximum atomic E-state index is 10.4. The number of ether oxygens (including phenoxy) is 1. The van der Waals surface area contributed by atoms with Crippen LogP contribution in [-0.4, -0.2) is 53.9 Å². The van der Waals surface area contributed by atoms with Gasteiger partial charge in [-0.25, -0.2) is 0 Å². The number of aliphatic hydroxyl groups is 1. The van der Waals surface area contributed by atoms with Gasteiger partial charge in [0.25, 0.3) is 0 Å². The molecular weight excluding hydrogens is 228 g/mol. The van der Waals surface area contributed by atoms with E-state index in [9.17, 15) is 5.11 Å². The van der Waals surface area contributed by atoms with Crippen LogP contribution < -0.4 is 0 Å². The van der Waals surface area contributed by atoms with Gasteiger partial charge in [0.15, 0.2) is 0 Å². The molecule has 2 heterocycles. The number of nitrogens with zero attached hydrogens (tertiary/aromatic N) is 2.